The summed E-state index contributed by atoms with van der Waals surface area (Å²) in [6.07, 6.45) is 0. The number of hydrogen-bond donors (Lipinski definition) is 1. The second-order valence-electron chi connectivity index (χ2n) is 6.63. The molecular weight excluding hydrogens is 410 g/mol. The summed E-state index contributed by atoms with van der Waals surface area (Å²) in [6, 6.07) is 8.41. The van der Waals surface area contributed by atoms with Gasteiger partial charge in [0, 0.05) is 18.7 Å². The monoisotopic (exact) mass is 432 g/mol. The number of hydrogen-bond acceptors (Lipinski definition) is 5. The van der Waals surface area contributed by atoms with Gasteiger partial charge in [-0.2, -0.15) is 0 Å². The molecule has 0 unspecified atom stereocenters. The van der Waals surface area contributed by atoms with Crippen LogP contribution in [0.5, 0.6) is 11.5 Å². The number of urea groups is 1. The van der Waals surface area contributed by atoms with E-state index in [4.69, 9.17) is 14.2 Å². The van der Waals surface area contributed by atoms with E-state index >= 15 is 0 Å². The van der Waals surface area contributed by atoms with Gasteiger partial charge in [0.05, 0.1) is 31.0 Å². The fourth-order valence-corrected chi connectivity index (χ4v) is 3.26. The number of carbonyl (C=O) groups excluding carboxylic acids is 2. The lowest BCUT2D eigenvalue weighted by Crippen LogP contribution is -2.48. The van der Waals surface area contributed by atoms with Crippen LogP contribution in [0.25, 0.3) is 0 Å². The van der Waals surface area contributed by atoms with E-state index in [9.17, 15) is 18.4 Å². The Morgan fingerprint density at radius 2 is 1.90 bits per heavy atom. The number of methoxy groups -OCH3 is 1. The van der Waals surface area contributed by atoms with Crippen LogP contribution in [0.1, 0.15) is 18.5 Å². The molecule has 1 N–H and O–H groups in total. The SMILES string of the molecule is CCOC(=O)C1=C(COc2ccc(F)cc2F)N(C)C(=O)N[C@H]1c1ccccc1OC. The van der Waals surface area contributed by atoms with E-state index in [0.29, 0.717) is 17.4 Å². The van der Waals surface area contributed by atoms with Gasteiger partial charge in [0.25, 0.3) is 0 Å². The van der Waals surface area contributed by atoms with Crippen molar-refractivity contribution in [2.45, 2.75) is 13.0 Å². The number of nitrogens with one attached hydrogen (secondary N) is 1. The number of para-hydroxylation sites is 1. The van der Waals surface area contributed by atoms with E-state index in [0.717, 1.165) is 12.1 Å². The molecule has 2 aromatic carbocycles. The first-order valence-corrected chi connectivity index (χ1v) is 9.52. The predicted octanol–water partition coefficient (Wildman–Crippen LogP) is 3.57. The van der Waals surface area contributed by atoms with Crippen molar-refractivity contribution in [1.82, 2.24) is 10.2 Å². The van der Waals surface area contributed by atoms with Crippen molar-refractivity contribution in [3.63, 3.8) is 0 Å². The van der Waals surface area contributed by atoms with Crippen LogP contribution in [0.3, 0.4) is 0 Å². The smallest absolute Gasteiger partial charge is 0.338 e. The van der Waals surface area contributed by atoms with Crippen molar-refractivity contribution in [3.05, 3.63) is 70.9 Å². The van der Waals surface area contributed by atoms with Crippen LogP contribution in [0.15, 0.2) is 53.7 Å². The third-order valence-electron chi connectivity index (χ3n) is 4.78. The Labute approximate surface area is 178 Å². The van der Waals surface area contributed by atoms with Gasteiger partial charge >= 0.3 is 12.0 Å². The molecule has 1 heterocycles. The molecule has 0 aliphatic carbocycles. The normalized spacial score (nSPS) is 16.1. The highest BCUT2D eigenvalue weighted by Gasteiger charge is 2.38. The lowest BCUT2D eigenvalue weighted by Gasteiger charge is -2.34. The number of likely N-dealkylation sites (N-methyl/N-ethyl adjacent to an activating group) is 1. The molecule has 9 heteroatoms. The number of nitrogens with zero attached hydrogens (tertiary/aromatic N) is 1. The summed E-state index contributed by atoms with van der Waals surface area (Å²) < 4.78 is 43.3. The predicted molar refractivity (Wildman–Crippen MR) is 108 cm³/mol. The van der Waals surface area contributed by atoms with Crippen molar-refractivity contribution < 1.29 is 32.6 Å². The van der Waals surface area contributed by atoms with E-state index < -0.39 is 29.7 Å². The number of amides is 2. The summed E-state index contributed by atoms with van der Waals surface area (Å²) in [4.78, 5) is 26.7. The molecule has 0 saturated heterocycles. The summed E-state index contributed by atoms with van der Waals surface area (Å²) in [5, 5.41) is 2.76. The molecule has 2 aromatic rings. The van der Waals surface area contributed by atoms with Crippen LogP contribution in [0, 0.1) is 11.6 Å². The quantitative estimate of drug-likeness (QED) is 0.677. The summed E-state index contributed by atoms with van der Waals surface area (Å²) >= 11 is 0. The van der Waals surface area contributed by atoms with Crippen molar-refractivity contribution >= 4 is 12.0 Å². The molecule has 1 aliphatic heterocycles. The first-order chi connectivity index (χ1) is 14.9. The largest absolute Gasteiger partial charge is 0.496 e. The van der Waals surface area contributed by atoms with E-state index in [-0.39, 0.29) is 30.2 Å². The molecule has 1 aliphatic rings. The van der Waals surface area contributed by atoms with Crippen LogP contribution in [0.4, 0.5) is 13.6 Å². The van der Waals surface area contributed by atoms with Crippen LogP contribution < -0.4 is 14.8 Å². The second-order valence-corrected chi connectivity index (χ2v) is 6.63. The van der Waals surface area contributed by atoms with Gasteiger partial charge < -0.3 is 19.5 Å². The van der Waals surface area contributed by atoms with Crippen molar-refractivity contribution in [3.8, 4) is 11.5 Å². The van der Waals surface area contributed by atoms with E-state index in [1.165, 1.54) is 19.1 Å². The molecule has 0 bridgehead atoms. The highest BCUT2D eigenvalue weighted by Crippen LogP contribution is 2.35. The lowest BCUT2D eigenvalue weighted by molar-refractivity contribution is -0.139. The highest BCUT2D eigenvalue weighted by molar-refractivity contribution is 5.95. The number of benzene rings is 2. The van der Waals surface area contributed by atoms with Crippen LogP contribution >= 0.6 is 0 Å². The molecule has 164 valence electrons. The average Bonchev–Trinajstić information content (AvgIpc) is 2.75. The number of carbonyl (C=O) groups is 2. The third-order valence-corrected chi connectivity index (χ3v) is 4.78. The standard InChI is InChI=1S/C22H22F2N2O5/c1-4-30-21(27)19-16(12-31-18-10-9-13(23)11-15(18)24)26(2)22(28)25-20(19)14-7-5-6-8-17(14)29-3/h5-11,20H,4,12H2,1-3H3,(H,25,28)/t20-/m0/s1. The molecule has 0 saturated carbocycles. The minimum Gasteiger partial charge on any atom is -0.496 e. The van der Waals surface area contributed by atoms with Crippen molar-refractivity contribution in [1.29, 1.82) is 0 Å². The summed E-state index contributed by atoms with van der Waals surface area (Å²) in [5.41, 5.74) is 0.845. The van der Waals surface area contributed by atoms with Gasteiger partial charge in [-0.05, 0) is 25.1 Å². The average molecular weight is 432 g/mol. The molecular formula is C22H22F2N2O5. The number of halogens is 2. The van der Waals surface area contributed by atoms with Gasteiger partial charge in [0.1, 0.15) is 18.2 Å². The van der Waals surface area contributed by atoms with Gasteiger partial charge in [0.15, 0.2) is 11.6 Å². The first-order valence-electron chi connectivity index (χ1n) is 9.52. The Morgan fingerprint density at radius 1 is 1.16 bits per heavy atom. The highest BCUT2D eigenvalue weighted by atomic mass is 19.1. The summed E-state index contributed by atoms with van der Waals surface area (Å²) in [5.74, 6) is -2.07. The van der Waals surface area contributed by atoms with E-state index in [2.05, 4.69) is 5.32 Å². The Balaban J connectivity index is 2.07. The molecule has 0 spiro atoms. The number of ether oxygens (including phenoxy) is 3. The molecule has 0 aromatic heterocycles. The summed E-state index contributed by atoms with van der Waals surface area (Å²) in [6.45, 7) is 1.44. The zero-order valence-electron chi connectivity index (χ0n) is 17.3. The van der Waals surface area contributed by atoms with Crippen LogP contribution in [-0.2, 0) is 9.53 Å². The minimum atomic E-state index is -0.900. The zero-order valence-corrected chi connectivity index (χ0v) is 17.3. The second kappa shape index (κ2) is 9.46. The van der Waals surface area contributed by atoms with Gasteiger partial charge in [0.2, 0.25) is 0 Å². The van der Waals surface area contributed by atoms with Crippen molar-refractivity contribution in [2.75, 3.05) is 27.4 Å². The first kappa shape index (κ1) is 22.1. The maximum atomic E-state index is 14.0. The van der Waals surface area contributed by atoms with Gasteiger partial charge in [-0.15, -0.1) is 0 Å². The minimum absolute atomic E-state index is 0.110. The molecule has 3 rings (SSSR count). The number of esters is 1. The molecule has 31 heavy (non-hydrogen) atoms. The zero-order chi connectivity index (χ0) is 22.5. The topological polar surface area (TPSA) is 77.1 Å². The Morgan fingerprint density at radius 3 is 2.58 bits per heavy atom. The molecule has 2 amide bonds. The van der Waals surface area contributed by atoms with Gasteiger partial charge in [-0.1, -0.05) is 18.2 Å². The molecule has 1 atom stereocenters. The third kappa shape index (κ3) is 4.60. The Bertz CT molecular complexity index is 1020. The number of rotatable bonds is 7. The fraction of sp³-hybridized carbons (Fsp3) is 0.273. The summed E-state index contributed by atoms with van der Waals surface area (Å²) in [7, 11) is 2.93. The maximum Gasteiger partial charge on any atom is 0.338 e. The van der Waals surface area contributed by atoms with Crippen molar-refractivity contribution in [2.24, 2.45) is 0 Å². The van der Waals surface area contributed by atoms with Crippen LogP contribution in [0.2, 0.25) is 0 Å². The molecule has 0 fully saturated rings. The van der Waals surface area contributed by atoms with E-state index in [1.807, 2.05) is 0 Å². The fourth-order valence-electron chi connectivity index (χ4n) is 3.26. The van der Waals surface area contributed by atoms with Crippen LogP contribution in [-0.4, -0.2) is 44.3 Å². The maximum absolute atomic E-state index is 14.0. The Kier molecular flexibility index (Phi) is 6.74. The molecule has 0 radical (unpaired) electrons. The molecule has 7 nitrogen and oxygen atoms in total. The lowest BCUT2D eigenvalue weighted by atomic mass is 9.94. The Hall–Kier alpha value is -3.62. The van der Waals surface area contributed by atoms with Gasteiger partial charge in [-0.25, -0.2) is 18.4 Å². The van der Waals surface area contributed by atoms with Gasteiger partial charge in [-0.3, -0.25) is 4.90 Å². The van der Waals surface area contributed by atoms with E-state index in [1.54, 1.807) is 31.2 Å².